The van der Waals surface area contributed by atoms with Crippen molar-refractivity contribution in [2.45, 2.75) is 13.0 Å². The summed E-state index contributed by atoms with van der Waals surface area (Å²) >= 11 is 5.80. The molecule has 0 radical (unpaired) electrons. The number of hydrogen-bond donors (Lipinski definition) is 1. The highest BCUT2D eigenvalue weighted by molar-refractivity contribution is 6.30. The number of nitrogens with one attached hydrogen (secondary N) is 1. The molecule has 5 nitrogen and oxygen atoms in total. The molecule has 0 spiro atoms. The van der Waals surface area contributed by atoms with Crippen molar-refractivity contribution in [1.29, 1.82) is 0 Å². The predicted octanol–water partition coefficient (Wildman–Crippen LogP) is 3.57. The van der Waals surface area contributed by atoms with Gasteiger partial charge in [0.1, 0.15) is 11.5 Å². The first kappa shape index (κ1) is 16.8. The molecule has 120 valence electrons. The number of ether oxygens (including phenoxy) is 2. The van der Waals surface area contributed by atoms with E-state index in [1.807, 2.05) is 0 Å². The number of methoxy groups -OCH3 is 1. The summed E-state index contributed by atoms with van der Waals surface area (Å²) in [7, 11) is 1.51. The van der Waals surface area contributed by atoms with Gasteiger partial charge >= 0.3 is 0 Å². The number of amides is 1. The SMILES string of the molecule is COc1ccc(O[C@H](C)C(=O)Nc2ccc(Cl)cc2)c(C=O)c1. The Bertz CT molecular complexity index is 700. The fourth-order valence-corrected chi connectivity index (χ4v) is 2.00. The molecule has 6 heteroatoms. The molecule has 1 atom stereocenters. The lowest BCUT2D eigenvalue weighted by molar-refractivity contribution is -0.122. The zero-order valence-corrected chi connectivity index (χ0v) is 13.5. The van der Waals surface area contributed by atoms with Gasteiger partial charge in [-0.05, 0) is 49.4 Å². The van der Waals surface area contributed by atoms with E-state index in [0.29, 0.717) is 34.1 Å². The van der Waals surface area contributed by atoms with Crippen LogP contribution in [0, 0.1) is 0 Å². The Labute approximate surface area is 139 Å². The molecule has 2 aromatic carbocycles. The van der Waals surface area contributed by atoms with E-state index >= 15 is 0 Å². The standard InChI is InChI=1S/C17H16ClNO4/c1-11(17(21)19-14-5-3-13(18)4-6-14)23-16-8-7-15(22-2)9-12(16)10-20/h3-11H,1-2H3,(H,19,21)/t11-/m1/s1. The molecule has 0 saturated carbocycles. The monoisotopic (exact) mass is 333 g/mol. The van der Waals surface area contributed by atoms with Gasteiger partial charge in [-0.2, -0.15) is 0 Å². The normalized spacial score (nSPS) is 11.4. The van der Waals surface area contributed by atoms with E-state index in [0.717, 1.165) is 0 Å². The van der Waals surface area contributed by atoms with E-state index in [1.54, 1.807) is 49.4 Å². The van der Waals surface area contributed by atoms with E-state index in [1.165, 1.54) is 7.11 Å². The number of benzene rings is 2. The maximum Gasteiger partial charge on any atom is 0.265 e. The number of halogens is 1. The van der Waals surface area contributed by atoms with Crippen LogP contribution in [0.3, 0.4) is 0 Å². The van der Waals surface area contributed by atoms with Gasteiger partial charge < -0.3 is 14.8 Å². The van der Waals surface area contributed by atoms with Crippen molar-refractivity contribution in [3.63, 3.8) is 0 Å². The Kier molecular flexibility index (Phi) is 5.60. The lowest BCUT2D eigenvalue weighted by Gasteiger charge is -2.16. The molecule has 1 amide bonds. The highest BCUT2D eigenvalue weighted by Crippen LogP contribution is 2.24. The third-order valence-corrected chi connectivity index (χ3v) is 3.38. The zero-order chi connectivity index (χ0) is 16.8. The Hall–Kier alpha value is -2.53. The Morgan fingerprint density at radius 1 is 1.22 bits per heavy atom. The average molecular weight is 334 g/mol. The van der Waals surface area contributed by atoms with Gasteiger partial charge in [-0.3, -0.25) is 9.59 Å². The Morgan fingerprint density at radius 2 is 1.91 bits per heavy atom. The van der Waals surface area contributed by atoms with Crippen molar-refractivity contribution in [3.05, 3.63) is 53.1 Å². The van der Waals surface area contributed by atoms with Crippen LogP contribution < -0.4 is 14.8 Å². The van der Waals surface area contributed by atoms with Crippen LogP contribution in [0.5, 0.6) is 11.5 Å². The van der Waals surface area contributed by atoms with E-state index in [2.05, 4.69) is 5.32 Å². The van der Waals surface area contributed by atoms with Crippen LogP contribution in [0.1, 0.15) is 17.3 Å². The molecular formula is C17H16ClNO4. The minimum atomic E-state index is -0.780. The van der Waals surface area contributed by atoms with Gasteiger partial charge in [-0.15, -0.1) is 0 Å². The molecule has 2 aromatic rings. The Morgan fingerprint density at radius 3 is 2.52 bits per heavy atom. The molecule has 0 unspecified atom stereocenters. The van der Waals surface area contributed by atoms with Gasteiger partial charge in [-0.25, -0.2) is 0 Å². The molecule has 23 heavy (non-hydrogen) atoms. The maximum absolute atomic E-state index is 12.1. The van der Waals surface area contributed by atoms with Crippen molar-refractivity contribution in [2.24, 2.45) is 0 Å². The highest BCUT2D eigenvalue weighted by atomic mass is 35.5. The second kappa shape index (κ2) is 7.65. The van der Waals surface area contributed by atoms with Crippen molar-refractivity contribution in [2.75, 3.05) is 12.4 Å². The van der Waals surface area contributed by atoms with Crippen LogP contribution in [0.15, 0.2) is 42.5 Å². The first-order valence-corrected chi connectivity index (χ1v) is 7.27. The van der Waals surface area contributed by atoms with E-state index in [4.69, 9.17) is 21.1 Å². The first-order chi connectivity index (χ1) is 11.0. The van der Waals surface area contributed by atoms with Crippen LogP contribution in [0.2, 0.25) is 5.02 Å². The summed E-state index contributed by atoms with van der Waals surface area (Å²) in [6.45, 7) is 1.60. The molecule has 2 rings (SSSR count). The molecule has 0 aliphatic carbocycles. The van der Waals surface area contributed by atoms with Crippen molar-refractivity contribution in [3.8, 4) is 11.5 Å². The molecule has 0 bridgehead atoms. The lowest BCUT2D eigenvalue weighted by atomic mass is 10.2. The molecule has 0 aromatic heterocycles. The second-order valence-corrected chi connectivity index (χ2v) is 5.21. The van der Waals surface area contributed by atoms with Gasteiger partial charge in [0.25, 0.3) is 5.91 Å². The summed E-state index contributed by atoms with van der Waals surface area (Å²) in [5.41, 5.74) is 0.927. The minimum absolute atomic E-state index is 0.315. The van der Waals surface area contributed by atoms with Gasteiger partial charge in [-0.1, -0.05) is 11.6 Å². The van der Waals surface area contributed by atoms with E-state index in [9.17, 15) is 9.59 Å². The number of carbonyl (C=O) groups is 2. The van der Waals surface area contributed by atoms with Crippen LogP contribution >= 0.6 is 11.6 Å². The maximum atomic E-state index is 12.1. The largest absolute Gasteiger partial charge is 0.497 e. The first-order valence-electron chi connectivity index (χ1n) is 6.90. The zero-order valence-electron chi connectivity index (χ0n) is 12.7. The summed E-state index contributed by atoms with van der Waals surface area (Å²) in [6.07, 6.45) is -0.125. The smallest absolute Gasteiger partial charge is 0.265 e. The molecule has 0 saturated heterocycles. The molecule has 0 heterocycles. The third-order valence-electron chi connectivity index (χ3n) is 3.13. The molecule has 0 aliphatic heterocycles. The molecule has 0 aliphatic rings. The second-order valence-electron chi connectivity index (χ2n) is 4.78. The number of hydrogen-bond acceptors (Lipinski definition) is 4. The minimum Gasteiger partial charge on any atom is -0.497 e. The fourth-order valence-electron chi connectivity index (χ4n) is 1.87. The van der Waals surface area contributed by atoms with Crippen molar-refractivity contribution in [1.82, 2.24) is 0 Å². The van der Waals surface area contributed by atoms with Crippen molar-refractivity contribution >= 4 is 29.5 Å². The van der Waals surface area contributed by atoms with Gasteiger partial charge in [0.05, 0.1) is 12.7 Å². The summed E-state index contributed by atoms with van der Waals surface area (Å²) < 4.78 is 10.6. The van der Waals surface area contributed by atoms with Crippen LogP contribution in [-0.4, -0.2) is 25.4 Å². The number of carbonyl (C=O) groups excluding carboxylic acids is 2. The quantitative estimate of drug-likeness (QED) is 0.821. The fraction of sp³-hybridized carbons (Fsp3) is 0.176. The predicted molar refractivity (Wildman–Crippen MR) is 88.6 cm³/mol. The number of aldehydes is 1. The topological polar surface area (TPSA) is 64.6 Å². The average Bonchev–Trinajstić information content (AvgIpc) is 2.57. The highest BCUT2D eigenvalue weighted by Gasteiger charge is 2.17. The van der Waals surface area contributed by atoms with Gasteiger partial charge in [0.15, 0.2) is 12.4 Å². The van der Waals surface area contributed by atoms with Gasteiger partial charge in [0, 0.05) is 10.7 Å². The number of anilines is 1. The van der Waals surface area contributed by atoms with Gasteiger partial charge in [0.2, 0.25) is 0 Å². The summed E-state index contributed by atoms with van der Waals surface area (Å²) in [5.74, 6) is 0.525. The summed E-state index contributed by atoms with van der Waals surface area (Å²) in [5, 5.41) is 3.30. The Balaban J connectivity index is 2.06. The van der Waals surface area contributed by atoms with Crippen LogP contribution in [-0.2, 0) is 4.79 Å². The lowest BCUT2D eigenvalue weighted by Crippen LogP contribution is -2.30. The van der Waals surface area contributed by atoms with Crippen LogP contribution in [0.4, 0.5) is 5.69 Å². The van der Waals surface area contributed by atoms with E-state index < -0.39 is 6.10 Å². The third kappa shape index (κ3) is 4.47. The van der Waals surface area contributed by atoms with E-state index in [-0.39, 0.29) is 5.91 Å². The van der Waals surface area contributed by atoms with Crippen molar-refractivity contribution < 1.29 is 19.1 Å². The summed E-state index contributed by atoms with van der Waals surface area (Å²) in [6, 6.07) is 11.5. The molecular weight excluding hydrogens is 318 g/mol. The van der Waals surface area contributed by atoms with Crippen LogP contribution in [0.25, 0.3) is 0 Å². The molecule has 0 fully saturated rings. The summed E-state index contributed by atoms with van der Waals surface area (Å²) in [4.78, 5) is 23.3. The number of rotatable bonds is 6. The molecule has 1 N–H and O–H groups in total.